The van der Waals surface area contributed by atoms with Crippen LogP contribution in [-0.4, -0.2) is 63.9 Å². The van der Waals surface area contributed by atoms with Crippen LogP contribution in [0, 0.1) is 6.92 Å². The van der Waals surface area contributed by atoms with E-state index in [1.165, 1.54) is 0 Å². The molecule has 0 unspecified atom stereocenters. The number of aromatic nitrogens is 2. The van der Waals surface area contributed by atoms with Crippen molar-refractivity contribution in [3.8, 4) is 5.75 Å². The van der Waals surface area contributed by atoms with E-state index in [0.29, 0.717) is 18.1 Å². The molecule has 164 valence electrons. The Kier molecular flexibility index (Phi) is 6.49. The Morgan fingerprint density at radius 1 is 1.10 bits per heavy atom. The van der Waals surface area contributed by atoms with E-state index < -0.39 is 0 Å². The van der Waals surface area contributed by atoms with Gasteiger partial charge in [-0.15, -0.1) is 0 Å². The fourth-order valence-electron chi connectivity index (χ4n) is 4.76. The number of hydrogen-bond donors (Lipinski definition) is 0. The Hall–Kier alpha value is -2.96. The second kappa shape index (κ2) is 9.45. The SMILES string of the molecule is Cc1nccc(C(=O)N2CCC[C@@H]3[C@H]2CCCCc2ccccc2OCC(=O)N3C)n1. The molecule has 0 aliphatic carbocycles. The molecule has 2 atom stereocenters. The topological polar surface area (TPSA) is 75.6 Å². The molecule has 0 radical (unpaired) electrons. The average molecular weight is 423 g/mol. The number of rotatable bonds is 1. The average Bonchev–Trinajstić information content (AvgIpc) is 2.79. The van der Waals surface area contributed by atoms with Crippen LogP contribution in [-0.2, 0) is 11.2 Å². The number of nitrogens with zero attached hydrogens (tertiary/aromatic N) is 4. The van der Waals surface area contributed by atoms with Gasteiger partial charge in [0.05, 0.1) is 12.1 Å². The van der Waals surface area contributed by atoms with E-state index >= 15 is 0 Å². The lowest BCUT2D eigenvalue weighted by Gasteiger charge is -2.45. The van der Waals surface area contributed by atoms with Crippen LogP contribution in [0.2, 0.25) is 0 Å². The number of para-hydroxylation sites is 1. The highest BCUT2D eigenvalue weighted by Crippen LogP contribution is 2.29. The molecule has 1 fully saturated rings. The molecular formula is C24H30N4O3. The van der Waals surface area contributed by atoms with Gasteiger partial charge in [-0.25, -0.2) is 9.97 Å². The molecule has 2 aliphatic rings. The molecule has 7 nitrogen and oxygen atoms in total. The largest absolute Gasteiger partial charge is 0.483 e. The van der Waals surface area contributed by atoms with Gasteiger partial charge in [0.25, 0.3) is 11.8 Å². The number of piperidine rings is 1. The van der Waals surface area contributed by atoms with Crippen LogP contribution in [0.25, 0.3) is 0 Å². The smallest absolute Gasteiger partial charge is 0.272 e. The second-order valence-corrected chi connectivity index (χ2v) is 8.41. The van der Waals surface area contributed by atoms with Crippen molar-refractivity contribution in [1.82, 2.24) is 19.8 Å². The summed E-state index contributed by atoms with van der Waals surface area (Å²) in [4.78, 5) is 38.5. The molecule has 2 aromatic rings. The summed E-state index contributed by atoms with van der Waals surface area (Å²) in [5, 5.41) is 0. The van der Waals surface area contributed by atoms with Crippen LogP contribution in [0.5, 0.6) is 5.75 Å². The summed E-state index contributed by atoms with van der Waals surface area (Å²) in [7, 11) is 1.84. The minimum absolute atomic E-state index is 0.00971. The number of fused-ring (bicyclic) bond motifs is 2. The van der Waals surface area contributed by atoms with Gasteiger partial charge in [-0.2, -0.15) is 0 Å². The molecule has 7 heteroatoms. The van der Waals surface area contributed by atoms with Gasteiger partial charge >= 0.3 is 0 Å². The molecule has 2 aliphatic heterocycles. The Morgan fingerprint density at radius 3 is 2.74 bits per heavy atom. The summed E-state index contributed by atoms with van der Waals surface area (Å²) in [5.74, 6) is 1.24. The minimum Gasteiger partial charge on any atom is -0.483 e. The van der Waals surface area contributed by atoms with Crippen LogP contribution in [0.15, 0.2) is 36.5 Å². The van der Waals surface area contributed by atoms with Crippen molar-refractivity contribution in [1.29, 1.82) is 0 Å². The van der Waals surface area contributed by atoms with Crippen molar-refractivity contribution < 1.29 is 14.3 Å². The van der Waals surface area contributed by atoms with Gasteiger partial charge in [0.1, 0.15) is 17.3 Å². The lowest BCUT2D eigenvalue weighted by Crippen LogP contribution is -2.58. The highest BCUT2D eigenvalue weighted by molar-refractivity contribution is 5.92. The molecule has 0 saturated carbocycles. The first-order chi connectivity index (χ1) is 15.0. The Morgan fingerprint density at radius 2 is 1.90 bits per heavy atom. The lowest BCUT2D eigenvalue weighted by atomic mass is 9.89. The number of hydrogen-bond acceptors (Lipinski definition) is 5. The predicted octanol–water partition coefficient (Wildman–Crippen LogP) is 3.02. The quantitative estimate of drug-likeness (QED) is 0.706. The van der Waals surface area contributed by atoms with Crippen LogP contribution >= 0.6 is 0 Å². The van der Waals surface area contributed by atoms with E-state index in [4.69, 9.17) is 4.74 Å². The van der Waals surface area contributed by atoms with Crippen LogP contribution in [0.1, 0.15) is 54.0 Å². The lowest BCUT2D eigenvalue weighted by molar-refractivity contribution is -0.136. The molecule has 31 heavy (non-hydrogen) atoms. The van der Waals surface area contributed by atoms with Crippen molar-refractivity contribution in [2.45, 2.75) is 57.5 Å². The molecule has 1 aromatic carbocycles. The number of amides is 2. The van der Waals surface area contributed by atoms with Gasteiger partial charge in [-0.05, 0) is 56.7 Å². The van der Waals surface area contributed by atoms with Crippen molar-refractivity contribution in [2.75, 3.05) is 20.2 Å². The zero-order valence-electron chi connectivity index (χ0n) is 18.3. The number of benzene rings is 1. The molecule has 1 saturated heterocycles. The maximum atomic E-state index is 13.3. The van der Waals surface area contributed by atoms with Crippen molar-refractivity contribution in [3.05, 3.63) is 53.6 Å². The van der Waals surface area contributed by atoms with E-state index in [2.05, 4.69) is 16.0 Å². The number of likely N-dealkylation sites (N-methyl/N-ethyl adjacent to an activating group) is 1. The second-order valence-electron chi connectivity index (χ2n) is 8.41. The molecule has 3 heterocycles. The predicted molar refractivity (Wildman–Crippen MR) is 117 cm³/mol. The monoisotopic (exact) mass is 422 g/mol. The number of aryl methyl sites for hydroxylation is 2. The standard InChI is InChI=1S/C24H30N4O3/c1-17-25-14-13-19(26-17)24(30)28-15-7-11-20-21(28)10-5-3-8-18-9-4-6-12-22(18)31-16-23(29)27(20)2/h4,6,9,12-14,20-21H,3,5,7-8,10-11,15-16H2,1-2H3/t20-,21-/m1/s1. The summed E-state index contributed by atoms with van der Waals surface area (Å²) in [6, 6.07) is 9.56. The molecular weight excluding hydrogens is 392 g/mol. The molecule has 1 aromatic heterocycles. The fraction of sp³-hybridized carbons (Fsp3) is 0.500. The summed E-state index contributed by atoms with van der Waals surface area (Å²) in [6.07, 6.45) is 7.12. The fourth-order valence-corrected chi connectivity index (χ4v) is 4.76. The highest BCUT2D eigenvalue weighted by atomic mass is 16.5. The summed E-state index contributed by atoms with van der Waals surface area (Å²) >= 11 is 0. The maximum absolute atomic E-state index is 13.3. The first-order valence-corrected chi connectivity index (χ1v) is 11.1. The Labute approximate surface area is 183 Å². The van der Waals surface area contributed by atoms with Crippen molar-refractivity contribution >= 4 is 11.8 Å². The number of carbonyl (C=O) groups excluding carboxylic acids is 2. The molecule has 0 spiro atoms. The van der Waals surface area contributed by atoms with E-state index in [0.717, 1.165) is 49.8 Å². The number of ether oxygens (including phenoxy) is 1. The molecule has 4 rings (SSSR count). The van der Waals surface area contributed by atoms with Gasteiger partial charge in [0.2, 0.25) is 0 Å². The van der Waals surface area contributed by atoms with Crippen molar-refractivity contribution in [3.63, 3.8) is 0 Å². The van der Waals surface area contributed by atoms with E-state index in [-0.39, 0.29) is 30.5 Å². The van der Waals surface area contributed by atoms with Gasteiger partial charge in [-0.1, -0.05) is 24.6 Å². The van der Waals surface area contributed by atoms with E-state index in [1.807, 2.05) is 30.1 Å². The van der Waals surface area contributed by atoms with Gasteiger partial charge < -0.3 is 14.5 Å². The zero-order chi connectivity index (χ0) is 21.8. The highest BCUT2D eigenvalue weighted by Gasteiger charge is 2.38. The zero-order valence-corrected chi connectivity index (χ0v) is 18.3. The van der Waals surface area contributed by atoms with E-state index in [1.54, 1.807) is 24.1 Å². The molecule has 2 amide bonds. The number of likely N-dealkylation sites (tertiary alicyclic amines) is 1. The van der Waals surface area contributed by atoms with Gasteiger partial charge in [0, 0.05) is 19.8 Å². The Bertz CT molecular complexity index is 948. The van der Waals surface area contributed by atoms with Crippen LogP contribution < -0.4 is 4.74 Å². The molecule has 0 bridgehead atoms. The third-order valence-electron chi connectivity index (χ3n) is 6.41. The van der Waals surface area contributed by atoms with Crippen LogP contribution in [0.4, 0.5) is 0 Å². The van der Waals surface area contributed by atoms with E-state index in [9.17, 15) is 9.59 Å². The summed E-state index contributed by atoms with van der Waals surface area (Å²) < 4.78 is 5.89. The third kappa shape index (κ3) is 4.70. The molecule has 0 N–H and O–H groups in total. The van der Waals surface area contributed by atoms with Crippen LogP contribution in [0.3, 0.4) is 0 Å². The first kappa shape index (κ1) is 21.3. The summed E-state index contributed by atoms with van der Waals surface area (Å²) in [5.41, 5.74) is 1.55. The Balaban J connectivity index is 1.59. The van der Waals surface area contributed by atoms with Gasteiger partial charge in [0.15, 0.2) is 6.61 Å². The van der Waals surface area contributed by atoms with Crippen molar-refractivity contribution in [2.24, 2.45) is 0 Å². The third-order valence-corrected chi connectivity index (χ3v) is 6.41. The summed E-state index contributed by atoms with van der Waals surface area (Å²) in [6.45, 7) is 2.48. The number of carbonyl (C=O) groups is 2. The maximum Gasteiger partial charge on any atom is 0.272 e. The first-order valence-electron chi connectivity index (χ1n) is 11.1. The minimum atomic E-state index is -0.0743. The normalized spacial score (nSPS) is 22.5. The van der Waals surface area contributed by atoms with Gasteiger partial charge in [-0.3, -0.25) is 9.59 Å².